The zero-order valence-electron chi connectivity index (χ0n) is 22.0. The average molecular weight is 530 g/mol. The second-order valence-electron chi connectivity index (χ2n) is 10.1. The molecular weight excluding hydrogens is 496 g/mol. The molecule has 1 aromatic carbocycles. The van der Waals surface area contributed by atoms with E-state index < -0.39 is 23.2 Å². The first-order valence-electron chi connectivity index (χ1n) is 12.7. The summed E-state index contributed by atoms with van der Waals surface area (Å²) in [4.78, 5) is 34.3. The molecule has 2 amide bonds. The van der Waals surface area contributed by atoms with Gasteiger partial charge in [0, 0.05) is 18.3 Å². The van der Waals surface area contributed by atoms with E-state index >= 15 is 0 Å². The Kier molecular flexibility index (Phi) is 8.20. The number of anilines is 1. The number of hydrogen-bond donors (Lipinski definition) is 3. The lowest BCUT2D eigenvalue weighted by molar-refractivity contribution is -0.128. The molecule has 0 aliphatic heterocycles. The van der Waals surface area contributed by atoms with Gasteiger partial charge < -0.3 is 25.0 Å². The van der Waals surface area contributed by atoms with Crippen LogP contribution in [0.2, 0.25) is 0 Å². The fourth-order valence-electron chi connectivity index (χ4n) is 4.60. The predicted octanol–water partition coefficient (Wildman–Crippen LogP) is 3.16. The molecule has 0 saturated carbocycles. The first kappa shape index (κ1) is 27.4. The number of amides is 2. The Morgan fingerprint density at radius 2 is 2.08 bits per heavy atom. The third-order valence-electron chi connectivity index (χ3n) is 6.80. The van der Waals surface area contributed by atoms with Gasteiger partial charge in [-0.25, -0.2) is 13.8 Å². The fraction of sp³-hybridized carbons (Fsp3) is 0.500. The maximum atomic E-state index is 14.3. The normalized spacial score (nSPS) is 16.1. The van der Waals surface area contributed by atoms with Crippen molar-refractivity contribution in [2.75, 3.05) is 5.32 Å². The molecule has 2 aromatic heterocycles. The Hall–Kier alpha value is -3.67. The molecule has 1 aliphatic carbocycles. The summed E-state index contributed by atoms with van der Waals surface area (Å²) in [6.45, 7) is 7.21. The number of halogens is 2. The number of carbonyl (C=O) groups excluding carboxylic acids is 2. The van der Waals surface area contributed by atoms with Gasteiger partial charge >= 0.3 is 0 Å². The van der Waals surface area contributed by atoms with Crippen LogP contribution in [-0.4, -0.2) is 43.6 Å². The zero-order chi connectivity index (χ0) is 27.4. The monoisotopic (exact) mass is 529 g/mol. The van der Waals surface area contributed by atoms with E-state index in [0.29, 0.717) is 54.3 Å². The molecule has 2 atom stereocenters. The minimum Gasteiger partial charge on any atom is -0.345 e. The van der Waals surface area contributed by atoms with Crippen molar-refractivity contribution in [3.8, 4) is 0 Å². The molecule has 1 unspecified atom stereocenters. The Balaban J connectivity index is 1.37. The van der Waals surface area contributed by atoms with Gasteiger partial charge in [-0.05, 0) is 63.6 Å². The van der Waals surface area contributed by atoms with Crippen LogP contribution < -0.4 is 16.0 Å². The van der Waals surface area contributed by atoms with Crippen LogP contribution in [0.25, 0.3) is 0 Å². The van der Waals surface area contributed by atoms with Crippen molar-refractivity contribution in [1.82, 2.24) is 30.3 Å². The van der Waals surface area contributed by atoms with Crippen molar-refractivity contribution in [2.24, 2.45) is 0 Å². The van der Waals surface area contributed by atoms with E-state index in [1.54, 1.807) is 31.5 Å². The second-order valence-corrected chi connectivity index (χ2v) is 10.1. The fourth-order valence-corrected chi connectivity index (χ4v) is 4.60. The molecule has 0 fully saturated rings. The van der Waals surface area contributed by atoms with Gasteiger partial charge in [0.25, 0.3) is 0 Å². The van der Waals surface area contributed by atoms with Gasteiger partial charge in [-0.1, -0.05) is 18.5 Å². The van der Waals surface area contributed by atoms with Crippen molar-refractivity contribution in [1.29, 1.82) is 0 Å². The number of imidazole rings is 1. The second kappa shape index (κ2) is 11.4. The molecule has 4 rings (SSSR count). The molecule has 0 spiro atoms. The first-order chi connectivity index (χ1) is 18.1. The molecule has 2 heterocycles. The highest BCUT2D eigenvalue weighted by Gasteiger charge is 2.31. The number of fused-ring (bicyclic) bond motifs is 1. The Morgan fingerprint density at radius 1 is 1.29 bits per heavy atom. The molecule has 3 N–H and O–H groups in total. The van der Waals surface area contributed by atoms with Gasteiger partial charge in [0.15, 0.2) is 11.6 Å². The summed E-state index contributed by atoms with van der Waals surface area (Å²) in [5, 5.41) is 12.6. The van der Waals surface area contributed by atoms with Crippen LogP contribution in [0.4, 0.5) is 14.6 Å². The zero-order valence-corrected chi connectivity index (χ0v) is 22.0. The van der Waals surface area contributed by atoms with Crippen LogP contribution in [0.5, 0.6) is 0 Å². The van der Waals surface area contributed by atoms with Crippen LogP contribution in [0.3, 0.4) is 0 Å². The van der Waals surface area contributed by atoms with Crippen LogP contribution in [0.15, 0.2) is 29.2 Å². The number of nitrogens with one attached hydrogen (secondary N) is 3. The lowest BCUT2D eigenvalue weighted by Crippen LogP contribution is -2.48. The summed E-state index contributed by atoms with van der Waals surface area (Å²) in [5.41, 5.74) is 0.172. The van der Waals surface area contributed by atoms with E-state index in [0.717, 1.165) is 12.5 Å². The lowest BCUT2D eigenvalue weighted by Gasteiger charge is -2.29. The van der Waals surface area contributed by atoms with E-state index in [2.05, 4.69) is 31.1 Å². The van der Waals surface area contributed by atoms with E-state index in [1.807, 2.05) is 6.92 Å². The Morgan fingerprint density at radius 3 is 2.79 bits per heavy atom. The molecule has 0 radical (unpaired) electrons. The van der Waals surface area contributed by atoms with Crippen molar-refractivity contribution in [3.05, 3.63) is 59.1 Å². The van der Waals surface area contributed by atoms with Crippen molar-refractivity contribution >= 4 is 17.6 Å². The highest BCUT2D eigenvalue weighted by atomic mass is 19.1. The molecule has 0 saturated heterocycles. The number of aryl methyl sites for hydroxylation is 2. The maximum Gasteiger partial charge on any atom is 0.246 e. The van der Waals surface area contributed by atoms with Crippen LogP contribution >= 0.6 is 0 Å². The van der Waals surface area contributed by atoms with Gasteiger partial charge in [-0.15, -0.1) is 0 Å². The molecule has 3 aromatic rings. The van der Waals surface area contributed by atoms with Crippen LogP contribution in [0, 0.1) is 18.6 Å². The highest BCUT2D eigenvalue weighted by molar-refractivity contribution is 5.94. The third-order valence-corrected chi connectivity index (χ3v) is 6.80. The topological polar surface area (TPSA) is 127 Å². The van der Waals surface area contributed by atoms with Gasteiger partial charge in [-0.3, -0.25) is 9.59 Å². The molecule has 0 bridgehead atoms. The molecule has 204 valence electrons. The number of benzene rings is 1. The van der Waals surface area contributed by atoms with Crippen LogP contribution in [-0.2, 0) is 34.5 Å². The molecule has 1 aliphatic rings. The van der Waals surface area contributed by atoms with Crippen LogP contribution in [0.1, 0.15) is 62.9 Å². The summed E-state index contributed by atoms with van der Waals surface area (Å²) in [6.07, 6.45) is 6.00. The standard InChI is InChI=1S/C26H33F2N7O3/c1-5-6-21(32-18-8-7-16-9-17(27)10-20(28)19(16)11-18)24(36)33-22-13-35(14-30-22)26(3,4)25(37)29-12-23-31-15(2)34-38-23/h9-10,13-14,18,21,32H,5-8,11-12H2,1-4H3,(H,29,37)(H,33,36)/t18?,21-/m0/s1. The van der Waals surface area contributed by atoms with Gasteiger partial charge in [0.05, 0.1) is 18.9 Å². The Labute approximate surface area is 219 Å². The number of aromatic nitrogens is 4. The molecular formula is C26H33F2N7O3. The summed E-state index contributed by atoms with van der Waals surface area (Å²) in [7, 11) is 0. The molecule has 12 heteroatoms. The molecule has 10 nitrogen and oxygen atoms in total. The van der Waals surface area contributed by atoms with Crippen molar-refractivity contribution in [3.63, 3.8) is 0 Å². The quantitative estimate of drug-likeness (QED) is 0.368. The third kappa shape index (κ3) is 6.24. The largest absolute Gasteiger partial charge is 0.345 e. The van der Waals surface area contributed by atoms with Gasteiger partial charge in [0.1, 0.15) is 17.2 Å². The minimum atomic E-state index is -1.01. The summed E-state index contributed by atoms with van der Waals surface area (Å²) >= 11 is 0. The average Bonchev–Trinajstić information content (AvgIpc) is 3.51. The number of carbonyl (C=O) groups is 2. The first-order valence-corrected chi connectivity index (χ1v) is 12.7. The smallest absolute Gasteiger partial charge is 0.246 e. The maximum absolute atomic E-state index is 14.3. The van der Waals surface area contributed by atoms with E-state index in [1.165, 1.54) is 12.4 Å². The van der Waals surface area contributed by atoms with Crippen molar-refractivity contribution in [2.45, 2.75) is 84.0 Å². The highest BCUT2D eigenvalue weighted by Crippen LogP contribution is 2.26. The summed E-state index contributed by atoms with van der Waals surface area (Å²) < 4.78 is 34.5. The van der Waals surface area contributed by atoms with E-state index in [9.17, 15) is 18.4 Å². The van der Waals surface area contributed by atoms with Crippen molar-refractivity contribution < 1.29 is 22.9 Å². The van der Waals surface area contributed by atoms with Gasteiger partial charge in [0.2, 0.25) is 17.7 Å². The van der Waals surface area contributed by atoms with E-state index in [-0.39, 0.29) is 24.4 Å². The summed E-state index contributed by atoms with van der Waals surface area (Å²) in [6, 6.07) is 1.65. The van der Waals surface area contributed by atoms with E-state index in [4.69, 9.17) is 4.52 Å². The lowest BCUT2D eigenvalue weighted by atomic mass is 9.87. The van der Waals surface area contributed by atoms with Gasteiger partial charge in [-0.2, -0.15) is 4.98 Å². The number of nitrogens with zero attached hydrogens (tertiary/aromatic N) is 4. The Bertz CT molecular complexity index is 1300. The number of hydrogen-bond acceptors (Lipinski definition) is 7. The predicted molar refractivity (Wildman–Crippen MR) is 135 cm³/mol. The minimum absolute atomic E-state index is 0.0935. The number of rotatable bonds is 10. The molecule has 38 heavy (non-hydrogen) atoms. The SMILES string of the molecule is CCC[C@H](NC1CCc2cc(F)cc(F)c2C1)C(=O)Nc1cn(C(C)(C)C(=O)NCc2nc(C)no2)cn1. The summed E-state index contributed by atoms with van der Waals surface area (Å²) in [5.74, 6) is -0.589.